The van der Waals surface area contributed by atoms with Crippen molar-refractivity contribution in [3.05, 3.63) is 107 Å². The molecule has 167 valence electrons. The predicted molar refractivity (Wildman–Crippen MR) is 149 cm³/mol. The van der Waals surface area contributed by atoms with Crippen LogP contribution >= 0.6 is 22.6 Å². The standard InChI is InChI=1S/C32H27IN/c33-24-8-10-25-22(17-24)7-9-29-28(25)11-12-30-31(18-23(19-32(29)30)20-3-1-4-20)27-6-2-5-21-13-15-34-16-14-26(21)27/h2,5,7-8,10-12,14-17,20,23H,1,3-4,9,13,18-19H2. The second-order valence-electron chi connectivity index (χ2n) is 10.2. The van der Waals surface area contributed by atoms with E-state index in [1.54, 1.807) is 11.1 Å². The van der Waals surface area contributed by atoms with Crippen LogP contribution < -0.4 is 10.4 Å². The molecule has 0 N–H and O–H groups in total. The number of hydrogen-bond donors (Lipinski definition) is 0. The maximum absolute atomic E-state index is 4.43. The second kappa shape index (κ2) is 8.34. The van der Waals surface area contributed by atoms with E-state index in [4.69, 9.17) is 0 Å². The summed E-state index contributed by atoms with van der Waals surface area (Å²) in [6, 6.07) is 19.8. The average Bonchev–Trinajstić information content (AvgIpc) is 3.07. The molecule has 0 bridgehead atoms. The Morgan fingerprint density at radius 2 is 1.76 bits per heavy atom. The highest BCUT2D eigenvalue weighted by Gasteiger charge is 2.32. The summed E-state index contributed by atoms with van der Waals surface area (Å²) < 4.78 is 1.31. The largest absolute Gasteiger partial charge is 0.269 e. The van der Waals surface area contributed by atoms with Gasteiger partial charge in [-0.1, -0.05) is 55.7 Å². The molecule has 2 heteroatoms. The smallest absolute Gasteiger partial charge is 0.0270 e. The zero-order valence-corrected chi connectivity index (χ0v) is 21.4. The van der Waals surface area contributed by atoms with E-state index in [9.17, 15) is 0 Å². The van der Waals surface area contributed by atoms with Crippen molar-refractivity contribution in [2.24, 2.45) is 16.8 Å². The van der Waals surface area contributed by atoms with Gasteiger partial charge < -0.3 is 0 Å². The van der Waals surface area contributed by atoms with Gasteiger partial charge in [-0.2, -0.15) is 0 Å². The van der Waals surface area contributed by atoms with Crippen LogP contribution in [0.3, 0.4) is 0 Å². The summed E-state index contributed by atoms with van der Waals surface area (Å²) in [5.74, 6) is 1.62. The van der Waals surface area contributed by atoms with Crippen molar-refractivity contribution in [3.63, 3.8) is 0 Å². The maximum atomic E-state index is 4.43. The SMILES string of the molecule is Ic1ccc2c(c1)=CCc1c3c(ccc1=2)=C(c1[c]ccc2c1C=CN=CC2)CC(C1CCC1)C3. The molecule has 34 heavy (non-hydrogen) atoms. The molecule has 1 atom stereocenters. The maximum Gasteiger partial charge on any atom is 0.0270 e. The lowest BCUT2D eigenvalue weighted by atomic mass is 9.67. The Morgan fingerprint density at radius 3 is 2.65 bits per heavy atom. The van der Waals surface area contributed by atoms with E-state index in [0.717, 1.165) is 24.7 Å². The Kier molecular flexibility index (Phi) is 5.12. The summed E-state index contributed by atoms with van der Waals surface area (Å²) in [4.78, 5) is 4.43. The molecule has 1 fully saturated rings. The molecule has 0 amide bonds. The van der Waals surface area contributed by atoms with Crippen LogP contribution in [-0.2, 0) is 19.3 Å². The van der Waals surface area contributed by atoms with Crippen LogP contribution in [0, 0.1) is 31.9 Å². The van der Waals surface area contributed by atoms with Crippen LogP contribution in [0.2, 0.25) is 0 Å². The first-order valence-electron chi connectivity index (χ1n) is 12.6. The third-order valence-electron chi connectivity index (χ3n) is 8.51. The summed E-state index contributed by atoms with van der Waals surface area (Å²) in [7, 11) is 0. The van der Waals surface area contributed by atoms with Crippen LogP contribution in [0.15, 0.2) is 53.7 Å². The van der Waals surface area contributed by atoms with Crippen molar-refractivity contribution in [2.45, 2.75) is 44.9 Å². The number of aliphatic imine (C=N–C) groups is 1. The Labute approximate surface area is 214 Å². The first-order chi connectivity index (χ1) is 16.8. The summed E-state index contributed by atoms with van der Waals surface area (Å²) in [6.45, 7) is 0. The first-order valence-corrected chi connectivity index (χ1v) is 13.7. The molecule has 0 aromatic heterocycles. The van der Waals surface area contributed by atoms with Crippen molar-refractivity contribution in [2.75, 3.05) is 0 Å². The number of hydrogen-bond acceptors (Lipinski definition) is 1. The number of rotatable bonds is 2. The van der Waals surface area contributed by atoms with Crippen molar-refractivity contribution >= 4 is 46.5 Å². The van der Waals surface area contributed by atoms with Crippen LogP contribution in [0.4, 0.5) is 0 Å². The van der Waals surface area contributed by atoms with Gasteiger partial charge in [0.2, 0.25) is 0 Å². The highest BCUT2D eigenvalue weighted by Crippen LogP contribution is 2.42. The molecule has 1 nitrogen and oxygen atoms in total. The van der Waals surface area contributed by atoms with Crippen molar-refractivity contribution in [1.29, 1.82) is 0 Å². The van der Waals surface area contributed by atoms with Gasteiger partial charge in [-0.15, -0.1) is 0 Å². The lowest BCUT2D eigenvalue weighted by Crippen LogP contribution is -2.33. The van der Waals surface area contributed by atoms with E-state index in [1.807, 2.05) is 12.4 Å². The summed E-state index contributed by atoms with van der Waals surface area (Å²) >= 11 is 2.43. The monoisotopic (exact) mass is 552 g/mol. The summed E-state index contributed by atoms with van der Waals surface area (Å²) in [6.07, 6.45) is 17.2. The minimum atomic E-state index is 0.746. The van der Waals surface area contributed by atoms with Crippen molar-refractivity contribution < 1.29 is 0 Å². The number of nitrogens with zero attached hydrogens (tertiary/aromatic N) is 1. The lowest BCUT2D eigenvalue weighted by molar-refractivity contribution is 0.205. The van der Waals surface area contributed by atoms with E-state index in [1.165, 1.54) is 78.8 Å². The highest BCUT2D eigenvalue weighted by atomic mass is 127. The zero-order valence-electron chi connectivity index (χ0n) is 19.3. The molecule has 1 radical (unpaired) electrons. The molecule has 0 spiro atoms. The molecule has 1 unspecified atom stereocenters. The Balaban J connectivity index is 1.52. The van der Waals surface area contributed by atoms with Gasteiger partial charge in [-0.25, -0.2) is 0 Å². The minimum absolute atomic E-state index is 0.746. The van der Waals surface area contributed by atoms with Crippen LogP contribution in [0.25, 0.3) is 17.7 Å². The third kappa shape index (κ3) is 3.37. The predicted octanol–water partition coefficient (Wildman–Crippen LogP) is 5.87. The van der Waals surface area contributed by atoms with Gasteiger partial charge in [0.15, 0.2) is 0 Å². The molecule has 3 aliphatic carbocycles. The second-order valence-corrected chi connectivity index (χ2v) is 11.5. The summed E-state index contributed by atoms with van der Waals surface area (Å²) in [5, 5.41) is 5.71. The quantitative estimate of drug-likeness (QED) is 0.353. The average molecular weight is 552 g/mol. The fourth-order valence-corrected chi connectivity index (χ4v) is 7.06. The molecule has 1 heterocycles. The fraction of sp³-hybridized carbons (Fsp3) is 0.281. The molecule has 3 aromatic rings. The van der Waals surface area contributed by atoms with Gasteiger partial charge in [-0.3, -0.25) is 4.99 Å². The minimum Gasteiger partial charge on any atom is -0.269 e. The molecule has 0 saturated heterocycles. The van der Waals surface area contributed by atoms with Gasteiger partial charge in [0.25, 0.3) is 0 Å². The molecular weight excluding hydrogens is 525 g/mol. The molecule has 1 saturated carbocycles. The zero-order chi connectivity index (χ0) is 22.6. The molecule has 3 aromatic carbocycles. The first kappa shape index (κ1) is 20.9. The van der Waals surface area contributed by atoms with Gasteiger partial charge in [0.05, 0.1) is 0 Å². The number of fused-ring (bicyclic) bond motifs is 5. The Morgan fingerprint density at radius 1 is 0.882 bits per heavy atom. The van der Waals surface area contributed by atoms with E-state index >= 15 is 0 Å². The highest BCUT2D eigenvalue weighted by molar-refractivity contribution is 14.1. The lowest BCUT2D eigenvalue weighted by Gasteiger charge is -2.38. The van der Waals surface area contributed by atoms with E-state index < -0.39 is 0 Å². The van der Waals surface area contributed by atoms with Crippen molar-refractivity contribution in [3.8, 4) is 0 Å². The van der Waals surface area contributed by atoms with Gasteiger partial charge in [0.1, 0.15) is 0 Å². The topological polar surface area (TPSA) is 12.4 Å². The summed E-state index contributed by atoms with van der Waals surface area (Å²) in [5.41, 5.74) is 8.67. The Hall–Kier alpha value is -2.46. The van der Waals surface area contributed by atoms with Gasteiger partial charge >= 0.3 is 0 Å². The molecular formula is C32H27IN. The molecule has 4 aliphatic rings. The van der Waals surface area contributed by atoms with Crippen LogP contribution in [-0.4, -0.2) is 6.21 Å². The Bertz CT molecular complexity index is 1600. The van der Waals surface area contributed by atoms with Crippen LogP contribution in [0.1, 0.15) is 53.5 Å². The molecule has 7 rings (SSSR count). The third-order valence-corrected chi connectivity index (χ3v) is 9.18. The molecule has 1 aliphatic heterocycles. The number of halogens is 1. The number of benzene rings is 3. The van der Waals surface area contributed by atoms with Crippen molar-refractivity contribution in [1.82, 2.24) is 0 Å². The van der Waals surface area contributed by atoms with Crippen LogP contribution in [0.5, 0.6) is 0 Å². The van der Waals surface area contributed by atoms with E-state index in [0.29, 0.717) is 0 Å². The fourth-order valence-electron chi connectivity index (χ4n) is 6.54. The van der Waals surface area contributed by atoms with Gasteiger partial charge in [-0.05, 0) is 132 Å². The van der Waals surface area contributed by atoms with E-state index in [2.05, 4.69) is 88.3 Å². The van der Waals surface area contributed by atoms with Gasteiger partial charge in [0, 0.05) is 22.4 Å². The van der Waals surface area contributed by atoms with E-state index in [-0.39, 0.29) is 0 Å². The normalized spacial score (nSPS) is 20.4.